The van der Waals surface area contributed by atoms with Crippen LogP contribution in [0.25, 0.3) is 0 Å². The molecule has 124 valence electrons. The van der Waals surface area contributed by atoms with Gasteiger partial charge in [0, 0.05) is 19.6 Å². The molecule has 0 fully saturated rings. The molecule has 0 radical (unpaired) electrons. The minimum atomic E-state index is -4.40. The van der Waals surface area contributed by atoms with E-state index >= 15 is 0 Å². The Hall–Kier alpha value is -2.62. The number of amides is 1. The number of nitrogens with one attached hydrogen (secondary N) is 2. The average Bonchev–Trinajstić information content (AvgIpc) is 2.92. The summed E-state index contributed by atoms with van der Waals surface area (Å²) in [7, 11) is 0. The number of nitrogen functional groups attached to an aromatic ring is 1. The Kier molecular flexibility index (Phi) is 5.16. The van der Waals surface area contributed by atoms with Crippen LogP contribution in [-0.4, -0.2) is 29.3 Å². The van der Waals surface area contributed by atoms with E-state index < -0.39 is 17.6 Å². The van der Waals surface area contributed by atoms with Crippen LogP contribution in [0.4, 0.5) is 19.0 Å². The molecule has 1 aromatic carbocycles. The number of benzene rings is 1. The Morgan fingerprint density at radius 3 is 2.61 bits per heavy atom. The van der Waals surface area contributed by atoms with Gasteiger partial charge in [-0.05, 0) is 21.9 Å². The summed E-state index contributed by atoms with van der Waals surface area (Å²) in [5, 5.41) is 11.9. The maximum absolute atomic E-state index is 12.8. The summed E-state index contributed by atoms with van der Waals surface area (Å²) in [5.41, 5.74) is 4.68. The highest BCUT2D eigenvalue weighted by Gasteiger charge is 2.32. The number of carbonyl (C=O) groups is 1. The Morgan fingerprint density at radius 2 is 1.96 bits per heavy atom. The van der Waals surface area contributed by atoms with Crippen molar-refractivity contribution in [3.05, 3.63) is 41.1 Å². The number of hydrogen-bond donors (Lipinski definition) is 3. The third kappa shape index (κ3) is 4.42. The molecule has 23 heavy (non-hydrogen) atoms. The number of rotatable bonds is 6. The zero-order valence-electron chi connectivity index (χ0n) is 11.9. The molecular formula is C13H14F3N5O2. The van der Waals surface area contributed by atoms with Crippen molar-refractivity contribution in [2.45, 2.75) is 12.7 Å². The fourth-order valence-corrected chi connectivity index (χ4v) is 1.88. The maximum Gasteiger partial charge on any atom is 0.416 e. The molecule has 7 nitrogen and oxygen atoms in total. The highest BCUT2D eigenvalue weighted by atomic mass is 19.4. The number of anilines is 1. The smallest absolute Gasteiger partial charge is 0.379 e. The van der Waals surface area contributed by atoms with Crippen LogP contribution in [0.2, 0.25) is 0 Å². The molecule has 0 bridgehead atoms. The molecule has 0 unspecified atom stereocenters. The molecule has 2 rings (SSSR count). The van der Waals surface area contributed by atoms with Gasteiger partial charge in [-0.2, -0.15) is 13.2 Å². The first kappa shape index (κ1) is 16.7. The van der Waals surface area contributed by atoms with Gasteiger partial charge in [0.2, 0.25) is 11.5 Å². The van der Waals surface area contributed by atoms with E-state index in [1.54, 1.807) is 0 Å². The summed E-state index contributed by atoms with van der Waals surface area (Å²) in [6.45, 7) is 0.474. The second-order valence-electron chi connectivity index (χ2n) is 4.59. The van der Waals surface area contributed by atoms with E-state index in [0.29, 0.717) is 0 Å². The highest BCUT2D eigenvalue weighted by Crippen LogP contribution is 2.31. The van der Waals surface area contributed by atoms with Crippen molar-refractivity contribution < 1.29 is 22.6 Å². The van der Waals surface area contributed by atoms with Crippen molar-refractivity contribution in [2.24, 2.45) is 0 Å². The van der Waals surface area contributed by atoms with Gasteiger partial charge in [-0.1, -0.05) is 18.2 Å². The van der Waals surface area contributed by atoms with E-state index in [0.717, 1.165) is 6.07 Å². The van der Waals surface area contributed by atoms with Gasteiger partial charge < -0.3 is 16.4 Å². The molecule has 0 saturated heterocycles. The Bertz CT molecular complexity index is 672. The van der Waals surface area contributed by atoms with Crippen LogP contribution in [-0.2, 0) is 12.7 Å². The van der Waals surface area contributed by atoms with Crippen LogP contribution < -0.4 is 16.4 Å². The molecule has 4 N–H and O–H groups in total. The van der Waals surface area contributed by atoms with Crippen molar-refractivity contribution in [1.29, 1.82) is 0 Å². The summed E-state index contributed by atoms with van der Waals surface area (Å²) < 4.78 is 42.7. The van der Waals surface area contributed by atoms with E-state index in [2.05, 4.69) is 25.6 Å². The molecular weight excluding hydrogens is 315 g/mol. The summed E-state index contributed by atoms with van der Waals surface area (Å²) in [6, 6.07) is 5.30. The first-order chi connectivity index (χ1) is 10.9. The maximum atomic E-state index is 12.8. The third-order valence-electron chi connectivity index (χ3n) is 2.95. The van der Waals surface area contributed by atoms with Gasteiger partial charge in [-0.15, -0.1) is 0 Å². The third-order valence-corrected chi connectivity index (χ3v) is 2.95. The highest BCUT2D eigenvalue weighted by molar-refractivity contribution is 5.95. The van der Waals surface area contributed by atoms with Crippen molar-refractivity contribution >= 4 is 11.7 Å². The molecule has 0 aliphatic carbocycles. The largest absolute Gasteiger partial charge is 0.416 e. The van der Waals surface area contributed by atoms with Gasteiger partial charge in [0.15, 0.2) is 0 Å². The molecule has 1 amide bonds. The molecule has 0 aliphatic rings. The van der Waals surface area contributed by atoms with Crippen LogP contribution in [0.1, 0.15) is 21.6 Å². The van der Waals surface area contributed by atoms with E-state index in [9.17, 15) is 18.0 Å². The SMILES string of the molecule is Nc1nonc1C(=O)NCCNCc1ccccc1C(F)(F)F. The van der Waals surface area contributed by atoms with E-state index in [1.165, 1.54) is 18.2 Å². The molecule has 1 aromatic heterocycles. The number of nitrogens with two attached hydrogens (primary N) is 1. The van der Waals surface area contributed by atoms with Crippen LogP contribution >= 0.6 is 0 Å². The molecule has 2 aromatic rings. The van der Waals surface area contributed by atoms with Gasteiger partial charge in [0.25, 0.3) is 5.91 Å². The fourth-order valence-electron chi connectivity index (χ4n) is 1.88. The molecule has 10 heteroatoms. The second kappa shape index (κ2) is 7.09. The van der Waals surface area contributed by atoms with E-state index in [1.807, 2.05) is 0 Å². The van der Waals surface area contributed by atoms with Gasteiger partial charge in [-0.3, -0.25) is 4.79 Å². The molecule has 1 heterocycles. The zero-order valence-corrected chi connectivity index (χ0v) is 11.9. The summed E-state index contributed by atoms with van der Waals surface area (Å²) in [4.78, 5) is 11.6. The lowest BCUT2D eigenvalue weighted by atomic mass is 10.1. The lowest BCUT2D eigenvalue weighted by Crippen LogP contribution is -2.32. The van der Waals surface area contributed by atoms with E-state index in [-0.39, 0.29) is 36.7 Å². The van der Waals surface area contributed by atoms with Gasteiger partial charge in [0.1, 0.15) is 0 Å². The molecule has 0 saturated carbocycles. The first-order valence-electron chi connectivity index (χ1n) is 6.61. The summed E-state index contributed by atoms with van der Waals surface area (Å²) in [6.07, 6.45) is -4.40. The van der Waals surface area contributed by atoms with Crippen LogP contribution in [0, 0.1) is 0 Å². The normalized spacial score (nSPS) is 11.4. The minimum absolute atomic E-state index is 0.0270. The molecule has 0 aliphatic heterocycles. The topological polar surface area (TPSA) is 106 Å². The number of hydrogen-bond acceptors (Lipinski definition) is 6. The van der Waals surface area contributed by atoms with Crippen molar-refractivity contribution in [3.63, 3.8) is 0 Å². The standard InChI is InChI=1S/C13H14F3N5O2/c14-13(15,16)9-4-2-1-3-8(9)7-18-5-6-19-12(22)10-11(17)21-23-20-10/h1-4,18H,5-7H2,(H2,17,21)(H,19,22). The van der Waals surface area contributed by atoms with Gasteiger partial charge in [-0.25, -0.2) is 4.63 Å². The first-order valence-corrected chi connectivity index (χ1v) is 6.61. The van der Waals surface area contributed by atoms with Gasteiger partial charge >= 0.3 is 6.18 Å². The van der Waals surface area contributed by atoms with Crippen molar-refractivity contribution in [2.75, 3.05) is 18.8 Å². The van der Waals surface area contributed by atoms with Crippen molar-refractivity contribution in [3.8, 4) is 0 Å². The lowest BCUT2D eigenvalue weighted by molar-refractivity contribution is -0.138. The van der Waals surface area contributed by atoms with Gasteiger partial charge in [0.05, 0.1) is 5.56 Å². The molecule has 0 spiro atoms. The lowest BCUT2D eigenvalue weighted by Gasteiger charge is -2.13. The quantitative estimate of drug-likeness (QED) is 0.688. The summed E-state index contributed by atoms with van der Waals surface area (Å²) >= 11 is 0. The molecule has 0 atom stereocenters. The average molecular weight is 329 g/mol. The predicted molar refractivity (Wildman–Crippen MR) is 74.2 cm³/mol. The number of halogens is 3. The van der Waals surface area contributed by atoms with Crippen LogP contribution in [0.15, 0.2) is 28.9 Å². The number of carbonyl (C=O) groups excluding carboxylic acids is 1. The van der Waals surface area contributed by atoms with Crippen LogP contribution in [0.5, 0.6) is 0 Å². The Morgan fingerprint density at radius 1 is 1.22 bits per heavy atom. The number of aromatic nitrogens is 2. The monoisotopic (exact) mass is 329 g/mol. The number of nitrogens with zero attached hydrogens (tertiary/aromatic N) is 2. The second-order valence-corrected chi connectivity index (χ2v) is 4.59. The van der Waals surface area contributed by atoms with Crippen molar-refractivity contribution in [1.82, 2.24) is 20.9 Å². The Balaban J connectivity index is 1.78. The fraction of sp³-hybridized carbons (Fsp3) is 0.308. The number of alkyl halides is 3. The predicted octanol–water partition coefficient (Wildman–Crippen LogP) is 1.19. The Labute approximate surface area is 129 Å². The summed E-state index contributed by atoms with van der Waals surface area (Å²) in [5.74, 6) is -0.698. The minimum Gasteiger partial charge on any atom is -0.379 e. The van der Waals surface area contributed by atoms with Crippen LogP contribution in [0.3, 0.4) is 0 Å². The van der Waals surface area contributed by atoms with E-state index in [4.69, 9.17) is 5.73 Å². The zero-order chi connectivity index (χ0) is 16.9.